The van der Waals surface area contributed by atoms with Crippen LogP contribution in [-0.4, -0.2) is 42.1 Å². The zero-order valence-electron chi connectivity index (χ0n) is 12.3. The number of carbonyl (C=O) groups is 3. The third kappa shape index (κ3) is 5.10. The fraction of sp³-hybridized carbons (Fsp3) is 0.533. The van der Waals surface area contributed by atoms with E-state index in [0.29, 0.717) is 22.2 Å². The average molecular weight is 343 g/mol. The molecule has 1 N–H and O–H groups in total. The van der Waals surface area contributed by atoms with E-state index in [1.165, 1.54) is 11.3 Å². The summed E-state index contributed by atoms with van der Waals surface area (Å²) in [5, 5.41) is 2.69. The lowest BCUT2D eigenvalue weighted by atomic mass is 10.2. The SMILES string of the molecule is O=C(CCC(=O)c1ccc(Cl)s1)NCCC(=O)N1CCCC1. The molecule has 1 aromatic heterocycles. The van der Waals surface area contributed by atoms with Crippen molar-refractivity contribution in [1.29, 1.82) is 0 Å². The molecule has 0 aromatic carbocycles. The van der Waals surface area contributed by atoms with Crippen molar-refractivity contribution >= 4 is 40.5 Å². The maximum Gasteiger partial charge on any atom is 0.224 e. The Morgan fingerprint density at radius 1 is 1.14 bits per heavy atom. The number of carbonyl (C=O) groups excluding carboxylic acids is 3. The molecule has 0 atom stereocenters. The first-order chi connectivity index (χ1) is 10.6. The molecule has 1 saturated heterocycles. The van der Waals surface area contributed by atoms with Crippen molar-refractivity contribution in [2.24, 2.45) is 0 Å². The number of Topliss-reactive ketones (excluding diaryl/α,β-unsaturated/α-hetero) is 1. The van der Waals surface area contributed by atoms with Crippen molar-refractivity contribution in [1.82, 2.24) is 10.2 Å². The minimum absolute atomic E-state index is 0.0832. The Bertz CT molecular complexity index is 553. The van der Waals surface area contributed by atoms with Crippen LogP contribution in [0.2, 0.25) is 4.34 Å². The van der Waals surface area contributed by atoms with Crippen molar-refractivity contribution in [3.05, 3.63) is 21.3 Å². The molecule has 1 aliphatic rings. The predicted molar refractivity (Wildman–Crippen MR) is 86.3 cm³/mol. The second-order valence-electron chi connectivity index (χ2n) is 5.21. The molecule has 22 heavy (non-hydrogen) atoms. The van der Waals surface area contributed by atoms with Gasteiger partial charge in [-0.1, -0.05) is 11.6 Å². The van der Waals surface area contributed by atoms with Gasteiger partial charge in [-0.15, -0.1) is 11.3 Å². The predicted octanol–water partition coefficient (Wildman–Crippen LogP) is 2.49. The minimum atomic E-state index is -0.203. The lowest BCUT2D eigenvalue weighted by Crippen LogP contribution is -2.32. The molecular formula is C15H19ClN2O3S. The summed E-state index contributed by atoms with van der Waals surface area (Å²) in [6.07, 6.45) is 2.73. The Kier molecular flexibility index (Phi) is 6.39. The summed E-state index contributed by atoms with van der Waals surface area (Å²) in [5.41, 5.74) is 0. The number of nitrogens with one attached hydrogen (secondary N) is 1. The first kappa shape index (κ1) is 17.0. The van der Waals surface area contributed by atoms with Crippen LogP contribution in [0.15, 0.2) is 12.1 Å². The third-order valence-corrected chi connectivity index (χ3v) is 4.82. The number of thiophene rings is 1. The van der Waals surface area contributed by atoms with Crippen LogP contribution in [0, 0.1) is 0 Å². The van der Waals surface area contributed by atoms with E-state index < -0.39 is 0 Å². The number of amides is 2. The lowest BCUT2D eigenvalue weighted by molar-refractivity contribution is -0.130. The molecule has 2 amide bonds. The summed E-state index contributed by atoms with van der Waals surface area (Å²) >= 11 is 6.99. The van der Waals surface area contributed by atoms with Crippen LogP contribution in [0.5, 0.6) is 0 Å². The maximum absolute atomic E-state index is 11.8. The average Bonchev–Trinajstić information content (AvgIpc) is 3.15. The van der Waals surface area contributed by atoms with Gasteiger partial charge in [0, 0.05) is 38.9 Å². The summed E-state index contributed by atoms with van der Waals surface area (Å²) in [6, 6.07) is 3.34. The monoisotopic (exact) mass is 342 g/mol. The molecular weight excluding hydrogens is 324 g/mol. The van der Waals surface area contributed by atoms with Gasteiger partial charge in [-0.25, -0.2) is 0 Å². The Balaban J connectivity index is 1.61. The highest BCUT2D eigenvalue weighted by atomic mass is 35.5. The Hall–Kier alpha value is -1.40. The van der Waals surface area contributed by atoms with Crippen molar-refractivity contribution in [3.63, 3.8) is 0 Å². The van der Waals surface area contributed by atoms with Crippen LogP contribution in [0.1, 0.15) is 41.8 Å². The highest BCUT2D eigenvalue weighted by Crippen LogP contribution is 2.22. The number of halogens is 1. The smallest absolute Gasteiger partial charge is 0.224 e. The van der Waals surface area contributed by atoms with Crippen molar-refractivity contribution in [2.45, 2.75) is 32.1 Å². The van der Waals surface area contributed by atoms with E-state index in [1.54, 1.807) is 12.1 Å². The second-order valence-corrected chi connectivity index (χ2v) is 6.93. The largest absolute Gasteiger partial charge is 0.356 e. The summed E-state index contributed by atoms with van der Waals surface area (Å²) in [7, 11) is 0. The first-order valence-electron chi connectivity index (χ1n) is 7.39. The number of hydrogen-bond acceptors (Lipinski definition) is 4. The standard InChI is InChI=1S/C15H19ClN2O3S/c16-13-5-4-12(22-13)11(19)3-6-14(20)17-8-7-15(21)18-9-1-2-10-18/h4-5H,1-3,6-10H2,(H,17,20). The van der Waals surface area contributed by atoms with Gasteiger partial charge in [0.25, 0.3) is 0 Å². The van der Waals surface area contributed by atoms with E-state index in [4.69, 9.17) is 11.6 Å². The van der Waals surface area contributed by atoms with Gasteiger partial charge < -0.3 is 10.2 Å². The van der Waals surface area contributed by atoms with Crippen molar-refractivity contribution < 1.29 is 14.4 Å². The Morgan fingerprint density at radius 2 is 1.86 bits per heavy atom. The Morgan fingerprint density at radius 3 is 2.50 bits per heavy atom. The zero-order valence-corrected chi connectivity index (χ0v) is 13.8. The third-order valence-electron chi connectivity index (χ3n) is 3.55. The summed E-state index contributed by atoms with van der Waals surface area (Å²) in [5.74, 6) is -0.201. The topological polar surface area (TPSA) is 66.5 Å². The molecule has 0 spiro atoms. The molecule has 7 heteroatoms. The molecule has 1 aliphatic heterocycles. The number of rotatable bonds is 7. The van der Waals surface area contributed by atoms with Crippen molar-refractivity contribution in [2.75, 3.05) is 19.6 Å². The van der Waals surface area contributed by atoms with Crippen LogP contribution in [0.3, 0.4) is 0 Å². The Labute approximate surface area is 138 Å². The minimum Gasteiger partial charge on any atom is -0.356 e. The fourth-order valence-corrected chi connectivity index (χ4v) is 3.35. The molecule has 0 unspecified atom stereocenters. The summed E-state index contributed by atoms with van der Waals surface area (Å²) < 4.78 is 0.563. The van der Waals surface area contributed by atoms with E-state index in [-0.39, 0.29) is 30.4 Å². The molecule has 0 radical (unpaired) electrons. The van der Waals surface area contributed by atoms with Gasteiger partial charge in [-0.3, -0.25) is 14.4 Å². The summed E-state index contributed by atoms with van der Waals surface area (Å²) in [4.78, 5) is 37.7. The number of hydrogen-bond donors (Lipinski definition) is 1. The quantitative estimate of drug-likeness (QED) is 0.774. The molecule has 1 fully saturated rings. The highest BCUT2D eigenvalue weighted by molar-refractivity contribution is 7.18. The molecule has 1 aromatic rings. The van der Waals surface area contributed by atoms with Gasteiger partial charge in [0.1, 0.15) is 0 Å². The van der Waals surface area contributed by atoms with Crippen LogP contribution in [0.4, 0.5) is 0 Å². The molecule has 0 saturated carbocycles. The van der Waals surface area contributed by atoms with Gasteiger partial charge >= 0.3 is 0 Å². The van der Waals surface area contributed by atoms with Crippen LogP contribution < -0.4 is 5.32 Å². The number of ketones is 1. The van der Waals surface area contributed by atoms with E-state index >= 15 is 0 Å². The highest BCUT2D eigenvalue weighted by Gasteiger charge is 2.17. The van der Waals surface area contributed by atoms with E-state index in [2.05, 4.69) is 5.32 Å². The molecule has 120 valence electrons. The molecule has 2 rings (SSSR count). The van der Waals surface area contributed by atoms with Gasteiger partial charge in [0.2, 0.25) is 11.8 Å². The molecule has 0 bridgehead atoms. The molecule has 0 aliphatic carbocycles. The normalized spacial score (nSPS) is 14.1. The second kappa shape index (κ2) is 8.29. The number of likely N-dealkylation sites (tertiary alicyclic amines) is 1. The van der Waals surface area contributed by atoms with Crippen LogP contribution in [0.25, 0.3) is 0 Å². The molecule has 2 heterocycles. The maximum atomic E-state index is 11.8. The fourth-order valence-electron chi connectivity index (χ4n) is 2.34. The van der Waals surface area contributed by atoms with Gasteiger partial charge in [-0.2, -0.15) is 0 Å². The first-order valence-corrected chi connectivity index (χ1v) is 8.59. The van der Waals surface area contributed by atoms with Gasteiger partial charge in [0.15, 0.2) is 5.78 Å². The van der Waals surface area contributed by atoms with E-state index in [1.807, 2.05) is 4.90 Å². The van der Waals surface area contributed by atoms with Gasteiger partial charge in [-0.05, 0) is 25.0 Å². The molecule has 5 nitrogen and oxygen atoms in total. The van der Waals surface area contributed by atoms with E-state index in [9.17, 15) is 14.4 Å². The zero-order chi connectivity index (χ0) is 15.9. The van der Waals surface area contributed by atoms with Crippen LogP contribution in [-0.2, 0) is 9.59 Å². The van der Waals surface area contributed by atoms with Crippen molar-refractivity contribution in [3.8, 4) is 0 Å². The van der Waals surface area contributed by atoms with Crippen LogP contribution >= 0.6 is 22.9 Å². The number of nitrogens with zero attached hydrogens (tertiary/aromatic N) is 1. The van der Waals surface area contributed by atoms with Gasteiger partial charge in [0.05, 0.1) is 9.21 Å². The summed E-state index contributed by atoms with van der Waals surface area (Å²) in [6.45, 7) is 1.97. The van der Waals surface area contributed by atoms with E-state index in [0.717, 1.165) is 25.9 Å². The lowest BCUT2D eigenvalue weighted by Gasteiger charge is -2.15.